The second-order valence-electron chi connectivity index (χ2n) is 6.52. The van der Waals surface area contributed by atoms with Crippen LogP contribution in [-0.4, -0.2) is 30.8 Å². The number of nitrogens with zero attached hydrogens (tertiary/aromatic N) is 3. The van der Waals surface area contributed by atoms with Crippen molar-refractivity contribution >= 4 is 49.4 Å². The van der Waals surface area contributed by atoms with E-state index in [-0.39, 0.29) is 10.0 Å². The van der Waals surface area contributed by atoms with Gasteiger partial charge < -0.3 is 5.32 Å². The first-order valence-electron chi connectivity index (χ1n) is 9.23. The fourth-order valence-corrected chi connectivity index (χ4v) is 5.79. The Bertz CT molecular complexity index is 1290. The predicted molar refractivity (Wildman–Crippen MR) is 124 cm³/mol. The summed E-state index contributed by atoms with van der Waals surface area (Å²) in [5.41, 5.74) is 2.26. The van der Waals surface area contributed by atoms with Gasteiger partial charge in [0.05, 0.1) is 15.6 Å². The highest BCUT2D eigenvalue weighted by molar-refractivity contribution is 7.93. The van der Waals surface area contributed by atoms with Crippen molar-refractivity contribution in [2.24, 2.45) is 0 Å². The van der Waals surface area contributed by atoms with E-state index in [0.717, 1.165) is 31.9 Å². The fourth-order valence-electron chi connectivity index (χ4n) is 2.90. The first kappa shape index (κ1) is 21.2. The number of benzene rings is 2. The Morgan fingerprint density at radius 3 is 2.58 bits per heavy atom. The van der Waals surface area contributed by atoms with Gasteiger partial charge >= 0.3 is 0 Å². The van der Waals surface area contributed by atoms with Crippen LogP contribution in [0.4, 0.5) is 10.8 Å². The Hall–Kier alpha value is -3.08. The van der Waals surface area contributed by atoms with Crippen LogP contribution < -0.4 is 9.62 Å². The van der Waals surface area contributed by atoms with Crippen LogP contribution in [0, 0.1) is 6.92 Å². The van der Waals surface area contributed by atoms with Gasteiger partial charge in [-0.1, -0.05) is 30.3 Å². The molecule has 0 aliphatic rings. The van der Waals surface area contributed by atoms with Crippen molar-refractivity contribution in [3.8, 4) is 11.3 Å². The number of thiazole rings is 2. The molecule has 4 aromatic rings. The van der Waals surface area contributed by atoms with Crippen molar-refractivity contribution in [3.05, 3.63) is 76.6 Å². The van der Waals surface area contributed by atoms with Gasteiger partial charge in [0.15, 0.2) is 5.13 Å². The zero-order valence-corrected chi connectivity index (χ0v) is 18.9. The van der Waals surface area contributed by atoms with Gasteiger partial charge in [0.25, 0.3) is 10.0 Å². The predicted octanol–water partition coefficient (Wildman–Crippen LogP) is 4.41. The molecule has 31 heavy (non-hydrogen) atoms. The zero-order chi connectivity index (χ0) is 21.8. The highest BCUT2D eigenvalue weighted by Crippen LogP contribution is 2.26. The lowest BCUT2D eigenvalue weighted by molar-refractivity contribution is -0.114. The lowest BCUT2D eigenvalue weighted by Gasteiger charge is -2.21. The Morgan fingerprint density at radius 2 is 1.90 bits per heavy atom. The van der Waals surface area contributed by atoms with Gasteiger partial charge in [-0.15, -0.1) is 22.7 Å². The minimum absolute atomic E-state index is 0.0962. The van der Waals surface area contributed by atoms with Crippen molar-refractivity contribution in [2.45, 2.75) is 11.8 Å². The minimum atomic E-state index is -3.95. The Kier molecular flexibility index (Phi) is 6.12. The van der Waals surface area contributed by atoms with Gasteiger partial charge in [-0.25, -0.2) is 22.7 Å². The van der Waals surface area contributed by atoms with Crippen molar-refractivity contribution < 1.29 is 13.2 Å². The highest BCUT2D eigenvalue weighted by Gasteiger charge is 2.28. The minimum Gasteiger partial charge on any atom is -0.324 e. The number of hydrogen-bond donors (Lipinski definition) is 1. The maximum absolute atomic E-state index is 13.2. The molecule has 0 aliphatic heterocycles. The number of aryl methyl sites for hydroxylation is 1. The van der Waals surface area contributed by atoms with Crippen LogP contribution >= 0.6 is 22.7 Å². The number of aromatic nitrogens is 2. The summed E-state index contributed by atoms with van der Waals surface area (Å²) in [6.45, 7) is 1.53. The lowest BCUT2D eigenvalue weighted by Crippen LogP contribution is -2.38. The molecular weight excluding hydrogens is 452 g/mol. The number of nitrogens with one attached hydrogen (secondary N) is 1. The van der Waals surface area contributed by atoms with Crippen LogP contribution in [0.15, 0.2) is 76.4 Å². The van der Waals surface area contributed by atoms with Crippen LogP contribution in [-0.2, 0) is 14.8 Å². The molecule has 0 aliphatic carbocycles. The molecule has 0 radical (unpaired) electrons. The van der Waals surface area contributed by atoms with Gasteiger partial charge in [-0.3, -0.25) is 4.79 Å². The first-order chi connectivity index (χ1) is 14.9. The summed E-state index contributed by atoms with van der Waals surface area (Å²) in [5, 5.41) is 7.58. The topological polar surface area (TPSA) is 92.3 Å². The Morgan fingerprint density at radius 1 is 1.10 bits per heavy atom. The maximum atomic E-state index is 13.2. The van der Waals surface area contributed by atoms with Crippen molar-refractivity contribution in [1.29, 1.82) is 0 Å². The molecule has 1 amide bonds. The first-order valence-corrected chi connectivity index (χ1v) is 12.4. The van der Waals surface area contributed by atoms with E-state index in [2.05, 4.69) is 15.3 Å². The number of hydrogen-bond acceptors (Lipinski definition) is 7. The Labute approximate surface area is 188 Å². The van der Waals surface area contributed by atoms with Gasteiger partial charge in [-0.05, 0) is 31.2 Å². The maximum Gasteiger partial charge on any atom is 0.266 e. The van der Waals surface area contributed by atoms with Crippen LogP contribution in [0.1, 0.15) is 5.01 Å². The molecule has 0 saturated heterocycles. The van der Waals surface area contributed by atoms with Gasteiger partial charge in [0.2, 0.25) is 5.91 Å². The number of sulfonamides is 1. The third kappa shape index (κ3) is 4.82. The van der Waals surface area contributed by atoms with E-state index in [1.54, 1.807) is 41.0 Å². The molecule has 0 bridgehead atoms. The quantitative estimate of drug-likeness (QED) is 0.432. The van der Waals surface area contributed by atoms with Crippen LogP contribution in [0.5, 0.6) is 0 Å². The molecule has 0 spiro atoms. The summed E-state index contributed by atoms with van der Waals surface area (Å²) in [7, 11) is -3.95. The van der Waals surface area contributed by atoms with E-state index >= 15 is 0 Å². The van der Waals surface area contributed by atoms with Crippen LogP contribution in [0.2, 0.25) is 0 Å². The second kappa shape index (κ2) is 8.96. The monoisotopic (exact) mass is 470 g/mol. The number of amides is 1. The van der Waals surface area contributed by atoms with Crippen molar-refractivity contribution in [2.75, 3.05) is 16.2 Å². The second-order valence-corrected chi connectivity index (χ2v) is 10.3. The molecule has 4 rings (SSSR count). The SMILES string of the molecule is Cc1nc(-c2cccc(NC(=O)CN(c3nccs3)S(=O)(=O)c3ccccc3)c2)cs1. The summed E-state index contributed by atoms with van der Waals surface area (Å²) in [4.78, 5) is 21.5. The van der Waals surface area contributed by atoms with E-state index in [9.17, 15) is 13.2 Å². The largest absolute Gasteiger partial charge is 0.324 e. The van der Waals surface area contributed by atoms with E-state index in [0.29, 0.717) is 5.69 Å². The molecule has 0 atom stereocenters. The van der Waals surface area contributed by atoms with Crippen LogP contribution in [0.25, 0.3) is 11.3 Å². The molecule has 7 nitrogen and oxygen atoms in total. The molecule has 2 heterocycles. The van der Waals surface area contributed by atoms with Crippen molar-refractivity contribution in [3.63, 3.8) is 0 Å². The summed E-state index contributed by atoms with van der Waals surface area (Å²) in [5.74, 6) is -0.471. The average molecular weight is 471 g/mol. The third-order valence-electron chi connectivity index (χ3n) is 4.31. The zero-order valence-electron chi connectivity index (χ0n) is 16.4. The number of anilines is 2. The van der Waals surface area contributed by atoms with Crippen LogP contribution in [0.3, 0.4) is 0 Å². The summed E-state index contributed by atoms with van der Waals surface area (Å²) in [6, 6.07) is 15.3. The molecule has 158 valence electrons. The number of carbonyl (C=O) groups is 1. The van der Waals surface area contributed by atoms with E-state index < -0.39 is 22.5 Å². The molecule has 2 aromatic heterocycles. The molecule has 1 N–H and O–H groups in total. The molecule has 10 heteroatoms. The Balaban J connectivity index is 1.57. The lowest BCUT2D eigenvalue weighted by atomic mass is 10.1. The summed E-state index contributed by atoms with van der Waals surface area (Å²) in [6.07, 6.45) is 1.50. The van der Waals surface area contributed by atoms with Crippen molar-refractivity contribution in [1.82, 2.24) is 9.97 Å². The number of carbonyl (C=O) groups excluding carboxylic acids is 1. The van der Waals surface area contributed by atoms with E-state index in [1.807, 2.05) is 30.5 Å². The molecule has 2 aromatic carbocycles. The van der Waals surface area contributed by atoms with E-state index in [4.69, 9.17) is 0 Å². The van der Waals surface area contributed by atoms with Gasteiger partial charge in [0.1, 0.15) is 6.54 Å². The average Bonchev–Trinajstić information content (AvgIpc) is 3.45. The standard InChI is InChI=1S/C21H18N4O3S3/c1-15-23-19(14-30-15)16-6-5-7-17(12-16)24-20(26)13-25(21-22-10-11-29-21)31(27,28)18-8-3-2-4-9-18/h2-12,14H,13H2,1H3,(H,24,26). The van der Waals surface area contributed by atoms with E-state index in [1.165, 1.54) is 18.3 Å². The van der Waals surface area contributed by atoms with Gasteiger partial charge in [-0.2, -0.15) is 0 Å². The smallest absolute Gasteiger partial charge is 0.266 e. The molecule has 0 fully saturated rings. The third-order valence-corrected chi connectivity index (χ3v) is 7.75. The highest BCUT2D eigenvalue weighted by atomic mass is 32.2. The molecule has 0 saturated carbocycles. The summed E-state index contributed by atoms with van der Waals surface area (Å²) < 4.78 is 27.4. The summed E-state index contributed by atoms with van der Waals surface area (Å²) >= 11 is 2.70. The van der Waals surface area contributed by atoms with Gasteiger partial charge in [0, 0.05) is 28.2 Å². The fraction of sp³-hybridized carbons (Fsp3) is 0.0952. The molecule has 0 unspecified atom stereocenters. The normalized spacial score (nSPS) is 11.3. The number of rotatable bonds is 7. The molecular formula is C21H18N4O3S3.